The van der Waals surface area contributed by atoms with Crippen LogP contribution in [0.15, 0.2) is 0 Å². The molecule has 0 radical (unpaired) electrons. The molecular weight excluding hydrogens is 511 g/mol. The Morgan fingerprint density at radius 2 is 2.00 bits per heavy atom. The SMILES string of the molecule is [O]=[Ir]([SbH2])[Ta]. The van der Waals surface area contributed by atoms with Crippen molar-refractivity contribution in [3.63, 3.8) is 0 Å². The summed E-state index contributed by atoms with van der Waals surface area (Å²) < 4.78 is 9.80. The fourth-order valence-electron chi connectivity index (χ4n) is 0. The Hall–Kier alpha value is 2.01. The van der Waals surface area contributed by atoms with Crippen LogP contribution in [-0.4, -0.2) is 20.0 Å². The van der Waals surface area contributed by atoms with Crippen LogP contribution in [0.1, 0.15) is 0 Å². The van der Waals surface area contributed by atoms with Gasteiger partial charge in [0.25, 0.3) is 0 Å². The van der Waals surface area contributed by atoms with Crippen molar-refractivity contribution in [2.45, 2.75) is 0 Å². The van der Waals surface area contributed by atoms with Crippen molar-refractivity contribution in [1.29, 1.82) is 0 Å². The quantitative estimate of drug-likeness (QED) is 0.379. The summed E-state index contributed by atoms with van der Waals surface area (Å²) in [6.07, 6.45) is 0. The normalized spacial score (nSPS) is 10.8. The maximum absolute atomic E-state index is 9.80. The second-order valence-corrected chi connectivity index (χ2v) is 47.1. The van der Waals surface area contributed by atoms with E-state index in [1.807, 2.05) is 0 Å². The molecule has 0 bridgehead atoms. The molecular formula is H2IrOSbTa. The summed E-state index contributed by atoms with van der Waals surface area (Å²) in [6, 6.07) is 0. The summed E-state index contributed by atoms with van der Waals surface area (Å²) >= 11 is 2.24. The summed E-state index contributed by atoms with van der Waals surface area (Å²) in [5, 5.41) is 0. The van der Waals surface area contributed by atoms with Gasteiger partial charge in [0.05, 0.1) is 0 Å². The molecule has 0 spiro atoms. The molecule has 0 heterocycles. The van der Waals surface area contributed by atoms with Crippen molar-refractivity contribution in [3.8, 4) is 0 Å². The van der Waals surface area contributed by atoms with Gasteiger partial charge in [-0.25, -0.2) is 0 Å². The van der Waals surface area contributed by atoms with Gasteiger partial charge in [-0.2, -0.15) is 0 Å². The molecule has 0 aliphatic carbocycles. The van der Waals surface area contributed by atoms with Crippen LogP contribution in [0, 0.1) is 0 Å². The Bertz CT molecular complexity index is 31.0. The fraction of sp³-hybridized carbons (Fsp3) is 0. The summed E-state index contributed by atoms with van der Waals surface area (Å²) in [7, 11) is -1.34. The van der Waals surface area contributed by atoms with Crippen LogP contribution in [0.4, 0.5) is 0 Å². The molecule has 0 saturated heterocycles. The Morgan fingerprint density at radius 3 is 2.00 bits per heavy atom. The van der Waals surface area contributed by atoms with E-state index in [-0.39, 0.29) is 0 Å². The van der Waals surface area contributed by atoms with Crippen molar-refractivity contribution in [2.24, 2.45) is 0 Å². The van der Waals surface area contributed by atoms with Gasteiger partial charge in [-0.3, -0.25) is 0 Å². The summed E-state index contributed by atoms with van der Waals surface area (Å²) in [4.78, 5) is 0. The van der Waals surface area contributed by atoms with E-state index in [1.54, 1.807) is 0 Å². The Morgan fingerprint density at radius 1 is 2.00 bits per heavy atom. The first-order valence-electron chi connectivity index (χ1n) is 0.478. The molecule has 4 heavy (non-hydrogen) atoms. The van der Waals surface area contributed by atoms with Gasteiger partial charge in [-0.1, -0.05) is 0 Å². The van der Waals surface area contributed by atoms with Gasteiger partial charge < -0.3 is 0 Å². The van der Waals surface area contributed by atoms with E-state index < -0.39 is 9.54 Å². The van der Waals surface area contributed by atoms with Crippen molar-refractivity contribution < 1.29 is 31.2 Å². The molecule has 0 amide bonds. The van der Waals surface area contributed by atoms with Gasteiger partial charge in [0.1, 0.15) is 0 Å². The zero-order valence-electron chi connectivity index (χ0n) is 1.77. The first kappa shape index (κ1) is 6.01. The molecule has 0 aromatic heterocycles. The van der Waals surface area contributed by atoms with E-state index in [0.717, 1.165) is 20.0 Å². The molecule has 0 rings (SSSR count). The first-order valence-corrected chi connectivity index (χ1v) is 21.7. The second-order valence-electron chi connectivity index (χ2n) is 0.225. The van der Waals surface area contributed by atoms with Crippen molar-refractivity contribution >= 4 is 20.0 Å². The number of rotatable bonds is 0. The molecule has 0 aliphatic rings. The van der Waals surface area contributed by atoms with Crippen LogP contribution in [0.3, 0.4) is 0 Å². The second kappa shape index (κ2) is 3.21. The Kier molecular flexibility index (Phi) is 4.82. The predicted molar refractivity (Wildman–Crippen MR) is 9.23 cm³/mol. The standard InChI is InChI=1S/Ir.O.Sb.Ta.2H. The molecule has 0 aromatic carbocycles. The van der Waals surface area contributed by atoms with Crippen LogP contribution < -0.4 is 0 Å². The van der Waals surface area contributed by atoms with E-state index in [2.05, 4.69) is 0 Å². The predicted octanol–water partition coefficient (Wildman–Crippen LogP) is -1.04. The van der Waals surface area contributed by atoms with Crippen LogP contribution >= 0.6 is 0 Å². The van der Waals surface area contributed by atoms with Crippen molar-refractivity contribution in [1.82, 2.24) is 0 Å². The third-order valence-electron chi connectivity index (χ3n) is 0. The molecule has 1 nitrogen and oxygen atoms in total. The van der Waals surface area contributed by atoms with Crippen LogP contribution in [0.2, 0.25) is 0 Å². The van der Waals surface area contributed by atoms with Crippen LogP contribution in [0.25, 0.3) is 0 Å². The average Bonchev–Trinajstić information content (AvgIpc) is 0.811. The average molecular weight is 513 g/mol. The van der Waals surface area contributed by atoms with Gasteiger partial charge in [-0.05, 0) is 0 Å². The van der Waals surface area contributed by atoms with E-state index in [4.69, 9.17) is 0 Å². The first-order chi connectivity index (χ1) is 1.73. The van der Waals surface area contributed by atoms with Gasteiger partial charge >= 0.3 is 51.2 Å². The fourth-order valence-corrected chi connectivity index (χ4v) is 0. The van der Waals surface area contributed by atoms with E-state index in [0.29, 0.717) is 0 Å². The molecule has 0 fully saturated rings. The molecule has 0 unspecified atom stereocenters. The summed E-state index contributed by atoms with van der Waals surface area (Å²) in [6.45, 7) is 0. The van der Waals surface area contributed by atoms with Gasteiger partial charge in [-0.15, -0.1) is 0 Å². The van der Waals surface area contributed by atoms with Gasteiger partial charge in [0.15, 0.2) is 0 Å². The van der Waals surface area contributed by atoms with E-state index in [9.17, 15) is 3.50 Å². The van der Waals surface area contributed by atoms with E-state index >= 15 is 0 Å². The topological polar surface area (TPSA) is 17.1 Å². The van der Waals surface area contributed by atoms with Crippen LogP contribution in [-0.2, 0) is 31.2 Å². The third-order valence-corrected chi connectivity index (χ3v) is 0. The number of hydrogen-bond donors (Lipinski definition) is 0. The summed E-state index contributed by atoms with van der Waals surface area (Å²) in [5.41, 5.74) is 0. The van der Waals surface area contributed by atoms with Crippen LogP contribution in [0.5, 0.6) is 0 Å². The Balaban J connectivity index is 2.80. The monoisotopic (exact) mass is 513 g/mol. The molecule has 0 N–H and O–H groups in total. The zero-order valence-corrected chi connectivity index (χ0v) is 10.7. The minimum atomic E-state index is -1.34. The Labute approximate surface area is 50.4 Å². The maximum atomic E-state index is 9.80. The molecule has 4 heteroatoms. The van der Waals surface area contributed by atoms with Crippen molar-refractivity contribution in [3.05, 3.63) is 0 Å². The summed E-state index contributed by atoms with van der Waals surface area (Å²) in [5.74, 6) is 0. The van der Waals surface area contributed by atoms with Gasteiger partial charge in [0, 0.05) is 0 Å². The molecule has 0 saturated carbocycles. The minimum absolute atomic E-state index is 1.06. The van der Waals surface area contributed by atoms with Crippen molar-refractivity contribution in [2.75, 3.05) is 0 Å². The molecule has 0 atom stereocenters. The third kappa shape index (κ3) is 8.99. The zero-order chi connectivity index (χ0) is 3.58. The molecule has 0 aromatic rings. The van der Waals surface area contributed by atoms with E-state index in [1.165, 1.54) is 18.2 Å². The van der Waals surface area contributed by atoms with Gasteiger partial charge in [0.2, 0.25) is 0 Å². The molecule has 0 aliphatic heterocycles. The molecule has 27 valence electrons. The number of hydrogen-bond acceptors (Lipinski definition) is 1.